The van der Waals surface area contributed by atoms with E-state index >= 15 is 0 Å². The molecule has 0 radical (unpaired) electrons. The third-order valence-electron chi connectivity index (χ3n) is 2.66. The van der Waals surface area contributed by atoms with Crippen molar-refractivity contribution in [2.24, 2.45) is 7.05 Å². The maximum Gasteiger partial charge on any atom is 0.293 e. The average Bonchev–Trinajstić information content (AvgIpc) is 2.84. The molecule has 0 spiro atoms. The fraction of sp³-hybridized carbons (Fsp3) is 0.333. The number of amides is 2. The molecule has 0 saturated carbocycles. The number of aryl methyl sites for hydroxylation is 1. The summed E-state index contributed by atoms with van der Waals surface area (Å²) < 4.78 is 6.77. The third-order valence-corrected chi connectivity index (χ3v) is 3.56. The fourth-order valence-electron chi connectivity index (χ4n) is 1.63. The molecule has 6 heteroatoms. The summed E-state index contributed by atoms with van der Waals surface area (Å²) >= 11 is 0.969. The maximum atomic E-state index is 12.0. The first kappa shape index (κ1) is 12.9. The molecule has 1 aromatic heterocycles. The summed E-state index contributed by atoms with van der Waals surface area (Å²) in [6.45, 7) is 0.654. The quantitative estimate of drug-likeness (QED) is 0.778. The molecule has 1 aliphatic heterocycles. The Labute approximate surface area is 109 Å². The Morgan fingerprint density at radius 2 is 2.22 bits per heavy atom. The van der Waals surface area contributed by atoms with Crippen LogP contribution in [0, 0.1) is 0 Å². The molecule has 1 aliphatic rings. The van der Waals surface area contributed by atoms with E-state index in [-0.39, 0.29) is 11.1 Å². The highest BCUT2D eigenvalue weighted by Crippen LogP contribution is 2.31. The molecular formula is C12H14N2O3S. The molecule has 1 saturated heterocycles. The van der Waals surface area contributed by atoms with Crippen LogP contribution in [0.4, 0.5) is 4.79 Å². The standard InChI is InChI=1S/C12H14N2O3S/c1-13-5-3-4-9(13)8-10-11(15)14(6-7-17-2)12(16)18-10/h3-5,8H,6-7H2,1-2H3/b10-8+. The van der Waals surface area contributed by atoms with E-state index in [9.17, 15) is 9.59 Å². The van der Waals surface area contributed by atoms with Gasteiger partial charge in [0.1, 0.15) is 0 Å². The lowest BCUT2D eigenvalue weighted by Crippen LogP contribution is -2.31. The van der Waals surface area contributed by atoms with E-state index in [2.05, 4.69) is 0 Å². The van der Waals surface area contributed by atoms with Gasteiger partial charge in [0.2, 0.25) is 0 Å². The molecule has 18 heavy (non-hydrogen) atoms. The smallest absolute Gasteiger partial charge is 0.293 e. The van der Waals surface area contributed by atoms with Gasteiger partial charge in [-0.3, -0.25) is 14.5 Å². The second-order valence-electron chi connectivity index (χ2n) is 3.87. The molecule has 0 aromatic carbocycles. The second kappa shape index (κ2) is 5.41. The van der Waals surface area contributed by atoms with Gasteiger partial charge in [-0.15, -0.1) is 0 Å². The number of thioether (sulfide) groups is 1. The van der Waals surface area contributed by atoms with Gasteiger partial charge in [-0.1, -0.05) is 0 Å². The van der Waals surface area contributed by atoms with Crippen molar-refractivity contribution in [1.29, 1.82) is 0 Å². The van der Waals surface area contributed by atoms with Gasteiger partial charge in [-0.25, -0.2) is 0 Å². The summed E-state index contributed by atoms with van der Waals surface area (Å²) in [7, 11) is 3.43. The summed E-state index contributed by atoms with van der Waals surface area (Å²) in [6.07, 6.45) is 3.62. The van der Waals surface area contributed by atoms with Crippen molar-refractivity contribution in [3.05, 3.63) is 28.9 Å². The second-order valence-corrected chi connectivity index (χ2v) is 4.86. The van der Waals surface area contributed by atoms with Crippen LogP contribution in [-0.4, -0.2) is 40.9 Å². The third kappa shape index (κ3) is 2.49. The highest BCUT2D eigenvalue weighted by atomic mass is 32.2. The van der Waals surface area contributed by atoms with Gasteiger partial charge in [0, 0.05) is 26.0 Å². The highest BCUT2D eigenvalue weighted by molar-refractivity contribution is 8.18. The van der Waals surface area contributed by atoms with Crippen molar-refractivity contribution in [2.45, 2.75) is 0 Å². The molecule has 0 N–H and O–H groups in total. The minimum absolute atomic E-state index is 0.238. The van der Waals surface area contributed by atoms with Gasteiger partial charge in [-0.2, -0.15) is 0 Å². The van der Waals surface area contributed by atoms with E-state index in [1.807, 2.05) is 29.9 Å². The van der Waals surface area contributed by atoms with Gasteiger partial charge >= 0.3 is 0 Å². The number of carbonyl (C=O) groups is 2. The van der Waals surface area contributed by atoms with Crippen molar-refractivity contribution in [3.63, 3.8) is 0 Å². The molecule has 0 bridgehead atoms. The SMILES string of the molecule is COCCN1C(=O)S/C(=C/c2cccn2C)C1=O. The first-order chi connectivity index (χ1) is 8.63. The largest absolute Gasteiger partial charge is 0.383 e. The van der Waals surface area contributed by atoms with Crippen LogP contribution in [0.2, 0.25) is 0 Å². The van der Waals surface area contributed by atoms with Crippen molar-refractivity contribution >= 4 is 29.0 Å². The van der Waals surface area contributed by atoms with E-state index in [1.54, 1.807) is 13.2 Å². The molecule has 1 aromatic rings. The molecule has 2 amide bonds. The average molecular weight is 266 g/mol. The summed E-state index contributed by atoms with van der Waals surface area (Å²) in [5.41, 5.74) is 0.896. The number of ether oxygens (including phenoxy) is 1. The van der Waals surface area contributed by atoms with Gasteiger partial charge < -0.3 is 9.30 Å². The number of imide groups is 1. The number of nitrogens with zero attached hydrogens (tertiary/aromatic N) is 2. The number of carbonyl (C=O) groups excluding carboxylic acids is 2. The van der Waals surface area contributed by atoms with Crippen LogP contribution in [0.1, 0.15) is 5.69 Å². The highest BCUT2D eigenvalue weighted by Gasteiger charge is 2.34. The van der Waals surface area contributed by atoms with Gasteiger partial charge in [-0.05, 0) is 30.0 Å². The number of aromatic nitrogens is 1. The molecule has 0 aliphatic carbocycles. The minimum Gasteiger partial charge on any atom is -0.383 e. The summed E-state index contributed by atoms with van der Waals surface area (Å²) in [4.78, 5) is 25.4. The van der Waals surface area contributed by atoms with E-state index < -0.39 is 0 Å². The number of hydrogen-bond donors (Lipinski definition) is 0. The van der Waals surface area contributed by atoms with Gasteiger partial charge in [0.05, 0.1) is 18.1 Å². The van der Waals surface area contributed by atoms with E-state index in [0.717, 1.165) is 17.5 Å². The Morgan fingerprint density at radius 1 is 1.44 bits per heavy atom. The predicted molar refractivity (Wildman–Crippen MR) is 70.0 cm³/mol. The molecule has 96 valence electrons. The van der Waals surface area contributed by atoms with Crippen LogP contribution >= 0.6 is 11.8 Å². The fourth-order valence-corrected chi connectivity index (χ4v) is 2.48. The normalized spacial score (nSPS) is 18.1. The molecule has 2 rings (SSSR count). The minimum atomic E-state index is -0.247. The maximum absolute atomic E-state index is 12.0. The Kier molecular flexibility index (Phi) is 3.88. The number of methoxy groups -OCH3 is 1. The van der Waals surface area contributed by atoms with E-state index in [0.29, 0.717) is 18.1 Å². The molecule has 0 atom stereocenters. The lowest BCUT2D eigenvalue weighted by molar-refractivity contribution is -0.123. The van der Waals surface area contributed by atoms with Gasteiger partial charge in [0.15, 0.2) is 0 Å². The molecule has 1 fully saturated rings. The Bertz CT molecular complexity index is 507. The zero-order valence-electron chi connectivity index (χ0n) is 10.3. The molecular weight excluding hydrogens is 252 g/mol. The zero-order valence-corrected chi connectivity index (χ0v) is 11.1. The van der Waals surface area contributed by atoms with Crippen LogP contribution < -0.4 is 0 Å². The topological polar surface area (TPSA) is 51.5 Å². The first-order valence-electron chi connectivity index (χ1n) is 5.49. The lowest BCUT2D eigenvalue weighted by atomic mass is 10.3. The van der Waals surface area contributed by atoms with Gasteiger partial charge in [0.25, 0.3) is 11.1 Å². The van der Waals surface area contributed by atoms with Crippen molar-refractivity contribution in [3.8, 4) is 0 Å². The van der Waals surface area contributed by atoms with Crippen LogP contribution in [0.25, 0.3) is 6.08 Å². The molecule has 0 unspecified atom stereocenters. The van der Waals surface area contributed by atoms with Crippen molar-refractivity contribution in [1.82, 2.24) is 9.47 Å². The number of hydrogen-bond acceptors (Lipinski definition) is 4. The van der Waals surface area contributed by atoms with Crippen LogP contribution in [-0.2, 0) is 16.6 Å². The van der Waals surface area contributed by atoms with Crippen molar-refractivity contribution < 1.29 is 14.3 Å². The van der Waals surface area contributed by atoms with Crippen LogP contribution in [0.3, 0.4) is 0 Å². The monoisotopic (exact) mass is 266 g/mol. The van der Waals surface area contributed by atoms with Crippen LogP contribution in [0.5, 0.6) is 0 Å². The van der Waals surface area contributed by atoms with E-state index in [1.165, 1.54) is 4.90 Å². The first-order valence-corrected chi connectivity index (χ1v) is 6.31. The number of rotatable bonds is 4. The predicted octanol–water partition coefficient (Wildman–Crippen LogP) is 1.71. The molecule has 2 heterocycles. The zero-order chi connectivity index (χ0) is 13.1. The summed E-state index contributed by atoms with van der Waals surface area (Å²) in [5, 5.41) is -0.238. The Hall–Kier alpha value is -1.53. The lowest BCUT2D eigenvalue weighted by Gasteiger charge is -2.10. The van der Waals surface area contributed by atoms with E-state index in [4.69, 9.17) is 4.74 Å². The molecule has 5 nitrogen and oxygen atoms in total. The summed E-state index contributed by atoms with van der Waals surface area (Å²) in [6, 6.07) is 3.78. The Balaban J connectivity index is 2.17. The Morgan fingerprint density at radius 3 is 2.83 bits per heavy atom. The summed E-state index contributed by atoms with van der Waals surface area (Å²) in [5.74, 6) is -0.247. The van der Waals surface area contributed by atoms with Crippen molar-refractivity contribution in [2.75, 3.05) is 20.3 Å². The van der Waals surface area contributed by atoms with Crippen LogP contribution in [0.15, 0.2) is 23.2 Å².